The van der Waals surface area contributed by atoms with Crippen molar-refractivity contribution in [2.24, 2.45) is 0 Å². The monoisotopic (exact) mass is 259 g/mol. The second-order valence-electron chi connectivity index (χ2n) is 4.20. The number of benzene rings is 2. The molecule has 0 aliphatic rings. The highest BCUT2D eigenvalue weighted by molar-refractivity contribution is 5.92. The molecule has 0 aromatic heterocycles. The van der Waals surface area contributed by atoms with E-state index in [1.54, 1.807) is 30.3 Å². The Balaban J connectivity index is 1.90. The first-order valence-corrected chi connectivity index (χ1v) is 5.97. The molecule has 98 valence electrons. The quantitative estimate of drug-likeness (QED) is 0.829. The molecule has 0 aliphatic heterocycles. The number of rotatable bonds is 4. The Morgan fingerprint density at radius 2 is 1.95 bits per heavy atom. The topological polar surface area (TPSA) is 49.3 Å². The number of para-hydroxylation sites is 2. The minimum Gasteiger partial charge on any atom is -0.506 e. The van der Waals surface area contributed by atoms with Crippen molar-refractivity contribution in [3.05, 3.63) is 59.9 Å². The van der Waals surface area contributed by atoms with Crippen LogP contribution in [0.5, 0.6) is 5.75 Å². The molecule has 0 aliphatic carbocycles. The SMILES string of the molecule is O=C(CCc1cccc(F)c1)Nc1ccccc1O. The lowest BCUT2D eigenvalue weighted by Crippen LogP contribution is -2.12. The second-order valence-corrected chi connectivity index (χ2v) is 4.20. The summed E-state index contributed by atoms with van der Waals surface area (Å²) >= 11 is 0. The molecule has 0 unspecified atom stereocenters. The average Bonchev–Trinajstić information content (AvgIpc) is 2.39. The number of anilines is 1. The summed E-state index contributed by atoms with van der Waals surface area (Å²) in [6, 6.07) is 12.7. The molecule has 0 fully saturated rings. The number of halogens is 1. The van der Waals surface area contributed by atoms with E-state index in [4.69, 9.17) is 0 Å². The molecule has 19 heavy (non-hydrogen) atoms. The first-order chi connectivity index (χ1) is 9.15. The molecule has 0 radical (unpaired) electrons. The highest BCUT2D eigenvalue weighted by atomic mass is 19.1. The largest absolute Gasteiger partial charge is 0.506 e. The fourth-order valence-corrected chi connectivity index (χ4v) is 1.74. The highest BCUT2D eigenvalue weighted by Crippen LogP contribution is 2.21. The van der Waals surface area contributed by atoms with Crippen LogP contribution in [0.4, 0.5) is 10.1 Å². The Morgan fingerprint density at radius 3 is 2.68 bits per heavy atom. The fraction of sp³-hybridized carbons (Fsp3) is 0.133. The van der Waals surface area contributed by atoms with Crippen LogP contribution in [-0.4, -0.2) is 11.0 Å². The summed E-state index contributed by atoms with van der Waals surface area (Å²) in [6.07, 6.45) is 0.689. The molecule has 2 N–H and O–H groups in total. The molecule has 0 saturated carbocycles. The highest BCUT2D eigenvalue weighted by Gasteiger charge is 2.06. The van der Waals surface area contributed by atoms with Gasteiger partial charge in [-0.25, -0.2) is 4.39 Å². The molecule has 0 heterocycles. The maximum absolute atomic E-state index is 13.0. The van der Waals surface area contributed by atoms with Crippen LogP contribution in [0.25, 0.3) is 0 Å². The number of aryl methyl sites for hydroxylation is 1. The normalized spacial score (nSPS) is 10.2. The maximum Gasteiger partial charge on any atom is 0.224 e. The van der Waals surface area contributed by atoms with Crippen LogP contribution in [0, 0.1) is 5.82 Å². The van der Waals surface area contributed by atoms with E-state index < -0.39 is 0 Å². The summed E-state index contributed by atoms with van der Waals surface area (Å²) in [5.74, 6) is -0.494. The standard InChI is InChI=1S/C15H14FNO2/c16-12-5-3-4-11(10-12)8-9-15(19)17-13-6-1-2-7-14(13)18/h1-7,10,18H,8-9H2,(H,17,19). The number of carbonyl (C=O) groups excluding carboxylic acids is 1. The Labute approximate surface area is 110 Å². The predicted molar refractivity (Wildman–Crippen MR) is 71.5 cm³/mol. The zero-order chi connectivity index (χ0) is 13.7. The van der Waals surface area contributed by atoms with Gasteiger partial charge in [-0.05, 0) is 36.2 Å². The van der Waals surface area contributed by atoms with E-state index in [0.717, 1.165) is 5.56 Å². The third-order valence-electron chi connectivity index (χ3n) is 2.71. The smallest absolute Gasteiger partial charge is 0.224 e. The van der Waals surface area contributed by atoms with Gasteiger partial charge in [-0.15, -0.1) is 0 Å². The Hall–Kier alpha value is -2.36. The van der Waals surface area contributed by atoms with E-state index in [1.165, 1.54) is 18.2 Å². The van der Waals surface area contributed by atoms with Crippen molar-refractivity contribution in [3.63, 3.8) is 0 Å². The molecule has 0 spiro atoms. The fourth-order valence-electron chi connectivity index (χ4n) is 1.74. The van der Waals surface area contributed by atoms with Crippen LogP contribution >= 0.6 is 0 Å². The lowest BCUT2D eigenvalue weighted by molar-refractivity contribution is -0.116. The van der Waals surface area contributed by atoms with Gasteiger partial charge in [0.2, 0.25) is 5.91 Å². The molecule has 2 rings (SSSR count). The summed E-state index contributed by atoms with van der Waals surface area (Å²) in [7, 11) is 0. The Bertz CT molecular complexity index is 584. The summed E-state index contributed by atoms with van der Waals surface area (Å²) in [5, 5.41) is 12.1. The zero-order valence-electron chi connectivity index (χ0n) is 10.3. The molecule has 1 amide bonds. The number of hydrogen-bond donors (Lipinski definition) is 2. The molecular formula is C15H14FNO2. The number of aromatic hydroxyl groups is 1. The number of phenolic OH excluding ortho intramolecular Hbond substituents is 1. The minimum absolute atomic E-state index is 0.0293. The molecule has 2 aromatic carbocycles. The summed E-state index contributed by atoms with van der Waals surface area (Å²) in [5.41, 5.74) is 1.15. The third kappa shape index (κ3) is 3.81. The van der Waals surface area contributed by atoms with Crippen LogP contribution < -0.4 is 5.32 Å². The molecule has 0 atom stereocenters. The van der Waals surface area contributed by atoms with Gasteiger partial charge < -0.3 is 10.4 Å². The predicted octanol–water partition coefficient (Wildman–Crippen LogP) is 3.10. The molecular weight excluding hydrogens is 245 g/mol. The lowest BCUT2D eigenvalue weighted by Gasteiger charge is -2.07. The van der Waals surface area contributed by atoms with Crippen molar-refractivity contribution in [1.82, 2.24) is 0 Å². The molecule has 0 saturated heterocycles. The number of hydrogen-bond acceptors (Lipinski definition) is 2. The van der Waals surface area contributed by atoms with Gasteiger partial charge in [0.15, 0.2) is 0 Å². The van der Waals surface area contributed by atoms with Crippen molar-refractivity contribution in [2.75, 3.05) is 5.32 Å². The summed E-state index contributed by atoms with van der Waals surface area (Å²) < 4.78 is 13.0. The first-order valence-electron chi connectivity index (χ1n) is 5.97. The minimum atomic E-state index is -0.307. The van der Waals surface area contributed by atoms with Crippen molar-refractivity contribution >= 4 is 11.6 Å². The van der Waals surface area contributed by atoms with Gasteiger partial charge in [-0.1, -0.05) is 24.3 Å². The zero-order valence-corrected chi connectivity index (χ0v) is 10.3. The van der Waals surface area contributed by atoms with Crippen LogP contribution in [0.3, 0.4) is 0 Å². The van der Waals surface area contributed by atoms with Crippen LogP contribution in [0.15, 0.2) is 48.5 Å². The van der Waals surface area contributed by atoms with Gasteiger partial charge >= 0.3 is 0 Å². The summed E-state index contributed by atoms with van der Waals surface area (Å²) in [6.45, 7) is 0. The van der Waals surface area contributed by atoms with Gasteiger partial charge in [0.25, 0.3) is 0 Å². The van der Waals surface area contributed by atoms with Gasteiger partial charge in [0, 0.05) is 6.42 Å². The number of carbonyl (C=O) groups is 1. The summed E-state index contributed by atoms with van der Waals surface area (Å²) in [4.78, 5) is 11.7. The van der Waals surface area contributed by atoms with E-state index in [-0.39, 0.29) is 23.9 Å². The molecule has 2 aromatic rings. The van der Waals surface area contributed by atoms with E-state index in [1.807, 2.05) is 0 Å². The van der Waals surface area contributed by atoms with E-state index in [9.17, 15) is 14.3 Å². The van der Waals surface area contributed by atoms with Crippen LogP contribution in [0.2, 0.25) is 0 Å². The van der Waals surface area contributed by atoms with Crippen molar-refractivity contribution < 1.29 is 14.3 Å². The first kappa shape index (κ1) is 13.1. The molecule has 0 bridgehead atoms. The van der Waals surface area contributed by atoms with Gasteiger partial charge in [-0.2, -0.15) is 0 Å². The van der Waals surface area contributed by atoms with Gasteiger partial charge in [0.1, 0.15) is 11.6 Å². The maximum atomic E-state index is 13.0. The van der Waals surface area contributed by atoms with E-state index >= 15 is 0 Å². The lowest BCUT2D eigenvalue weighted by atomic mass is 10.1. The van der Waals surface area contributed by atoms with E-state index in [0.29, 0.717) is 12.1 Å². The molecule has 3 nitrogen and oxygen atoms in total. The van der Waals surface area contributed by atoms with E-state index in [2.05, 4.69) is 5.32 Å². The van der Waals surface area contributed by atoms with Crippen molar-refractivity contribution in [3.8, 4) is 5.75 Å². The molecule has 4 heteroatoms. The average molecular weight is 259 g/mol. The number of amides is 1. The Morgan fingerprint density at radius 1 is 1.16 bits per heavy atom. The Kier molecular flexibility index (Phi) is 4.13. The van der Waals surface area contributed by atoms with Crippen molar-refractivity contribution in [2.45, 2.75) is 12.8 Å². The number of nitrogens with one attached hydrogen (secondary N) is 1. The van der Waals surface area contributed by atoms with Gasteiger partial charge in [0.05, 0.1) is 5.69 Å². The number of phenols is 1. The second kappa shape index (κ2) is 6.00. The van der Waals surface area contributed by atoms with Crippen molar-refractivity contribution in [1.29, 1.82) is 0 Å². The van der Waals surface area contributed by atoms with Crippen LogP contribution in [-0.2, 0) is 11.2 Å². The third-order valence-corrected chi connectivity index (χ3v) is 2.71. The van der Waals surface area contributed by atoms with Crippen LogP contribution in [0.1, 0.15) is 12.0 Å². The van der Waals surface area contributed by atoms with Gasteiger partial charge in [-0.3, -0.25) is 4.79 Å².